The summed E-state index contributed by atoms with van der Waals surface area (Å²) >= 11 is 0. The van der Waals surface area contributed by atoms with Crippen LogP contribution in [0.25, 0.3) is 0 Å². The lowest BCUT2D eigenvalue weighted by Crippen LogP contribution is -2.62. The summed E-state index contributed by atoms with van der Waals surface area (Å²) < 4.78 is 88.2. The third kappa shape index (κ3) is 4.13. The molecule has 0 aliphatic heterocycles. The van der Waals surface area contributed by atoms with Gasteiger partial charge in [0.15, 0.2) is 0 Å². The average molecular weight is 285 g/mol. The summed E-state index contributed by atoms with van der Waals surface area (Å²) in [6, 6.07) is -4.81. The molecule has 0 aliphatic rings. The minimum Gasteiger partial charge on any atom is -0.265 e. The average Bonchev–Trinajstić information content (AvgIpc) is 1.95. The second kappa shape index (κ2) is 4.41. The molecule has 0 rings (SSSR count). The molecule has 0 spiro atoms. The van der Waals surface area contributed by atoms with E-state index in [4.69, 9.17) is 0 Å². The Morgan fingerprint density at radius 3 is 1.47 bits per heavy atom. The van der Waals surface area contributed by atoms with Crippen molar-refractivity contribution in [3.63, 3.8) is 0 Å². The van der Waals surface area contributed by atoms with Crippen LogP contribution < -0.4 is 0 Å². The van der Waals surface area contributed by atoms with Gasteiger partial charge in [-0.1, -0.05) is 19.6 Å². The number of hydrogen-bond acceptors (Lipinski definition) is 1. The SMILES string of the molecule is CN(C(F)(F)C(F)(F)CC(F)(F)F)[Si](C)(C)C. The first-order chi connectivity index (χ1) is 7.11. The minimum atomic E-state index is -5.34. The Bertz CT molecular complexity index is 268. The Morgan fingerprint density at radius 1 is 0.882 bits per heavy atom. The van der Waals surface area contributed by atoms with Crippen molar-refractivity contribution < 1.29 is 30.7 Å². The quantitative estimate of drug-likeness (QED) is 0.430. The molecule has 17 heavy (non-hydrogen) atoms. The largest absolute Gasteiger partial charge is 0.395 e. The summed E-state index contributed by atoms with van der Waals surface area (Å²) in [4.78, 5) is 0. The Balaban J connectivity index is 5.16. The molecule has 0 unspecified atom stereocenters. The van der Waals surface area contributed by atoms with E-state index >= 15 is 0 Å². The van der Waals surface area contributed by atoms with Gasteiger partial charge in [0.2, 0.25) is 0 Å². The van der Waals surface area contributed by atoms with Gasteiger partial charge in [0, 0.05) is 0 Å². The Hall–Kier alpha value is -0.313. The van der Waals surface area contributed by atoms with E-state index in [9.17, 15) is 30.7 Å². The van der Waals surface area contributed by atoms with E-state index < -0.39 is 32.8 Å². The lowest BCUT2D eigenvalue weighted by atomic mass is 10.2. The second-order valence-electron chi connectivity index (χ2n) is 4.77. The third-order valence-corrected chi connectivity index (χ3v) is 4.58. The van der Waals surface area contributed by atoms with Crippen molar-refractivity contribution in [2.75, 3.05) is 7.05 Å². The summed E-state index contributed by atoms with van der Waals surface area (Å²) in [5.74, 6) is -5.14. The molecule has 0 amide bonds. The van der Waals surface area contributed by atoms with Gasteiger partial charge in [-0.05, 0) is 7.05 Å². The molecular formula is C8H14F7NSi. The van der Waals surface area contributed by atoms with Gasteiger partial charge >= 0.3 is 18.1 Å². The maximum atomic E-state index is 13.3. The molecule has 0 atom stereocenters. The lowest BCUT2D eigenvalue weighted by Gasteiger charge is -2.40. The number of nitrogens with zero attached hydrogens (tertiary/aromatic N) is 1. The van der Waals surface area contributed by atoms with Crippen LogP contribution in [-0.2, 0) is 0 Å². The summed E-state index contributed by atoms with van der Waals surface area (Å²) in [5, 5.41) is 0. The van der Waals surface area contributed by atoms with Crippen LogP contribution in [0.15, 0.2) is 0 Å². The van der Waals surface area contributed by atoms with Gasteiger partial charge in [-0.15, -0.1) is 0 Å². The molecule has 1 nitrogen and oxygen atoms in total. The standard InChI is InChI=1S/C8H14F7NSi/c1-16(17(2,3)4)8(14,15)6(9,10)5-7(11,12)13/h5H2,1-4H3. The summed E-state index contributed by atoms with van der Waals surface area (Å²) in [7, 11) is -2.13. The van der Waals surface area contributed by atoms with E-state index in [1.807, 2.05) is 0 Å². The first-order valence-corrected chi connectivity index (χ1v) is 8.12. The van der Waals surface area contributed by atoms with Gasteiger partial charge < -0.3 is 0 Å². The zero-order valence-corrected chi connectivity index (χ0v) is 10.8. The van der Waals surface area contributed by atoms with E-state index in [-0.39, 0.29) is 4.57 Å². The first-order valence-electron chi connectivity index (χ1n) is 4.67. The minimum absolute atomic E-state index is 0.0751. The van der Waals surface area contributed by atoms with Crippen LogP contribution in [0.5, 0.6) is 0 Å². The van der Waals surface area contributed by atoms with Crippen LogP contribution >= 0.6 is 0 Å². The van der Waals surface area contributed by atoms with Crippen molar-refractivity contribution in [1.82, 2.24) is 4.57 Å². The highest BCUT2D eigenvalue weighted by molar-refractivity contribution is 6.73. The van der Waals surface area contributed by atoms with Gasteiger partial charge in [-0.2, -0.15) is 30.7 Å². The van der Waals surface area contributed by atoms with Crippen LogP contribution in [0.3, 0.4) is 0 Å². The summed E-state index contributed by atoms with van der Waals surface area (Å²) in [6.07, 6.45) is -8.17. The fourth-order valence-electron chi connectivity index (χ4n) is 1.02. The molecule has 0 saturated heterocycles. The van der Waals surface area contributed by atoms with Crippen molar-refractivity contribution in [3.05, 3.63) is 0 Å². The normalized spacial score (nSPS) is 15.5. The molecule has 0 N–H and O–H groups in total. The zero-order valence-electron chi connectivity index (χ0n) is 9.80. The van der Waals surface area contributed by atoms with E-state index in [1.165, 1.54) is 19.6 Å². The molecule has 0 bridgehead atoms. The van der Waals surface area contributed by atoms with E-state index in [2.05, 4.69) is 0 Å². The van der Waals surface area contributed by atoms with E-state index in [0.29, 0.717) is 0 Å². The van der Waals surface area contributed by atoms with Gasteiger partial charge in [0.25, 0.3) is 0 Å². The molecule has 0 radical (unpaired) electrons. The fraction of sp³-hybridized carbons (Fsp3) is 1.00. The molecule has 0 fully saturated rings. The number of halogens is 7. The number of alkyl halides is 7. The van der Waals surface area contributed by atoms with Gasteiger partial charge in [0.1, 0.15) is 14.7 Å². The fourth-order valence-corrected chi connectivity index (χ4v) is 2.03. The van der Waals surface area contributed by atoms with Crippen molar-refractivity contribution in [1.29, 1.82) is 0 Å². The number of rotatable bonds is 4. The zero-order chi connectivity index (χ0) is 14.3. The van der Waals surface area contributed by atoms with Crippen LogP contribution in [0.2, 0.25) is 19.6 Å². The molecule has 0 aromatic heterocycles. The molecule has 0 heterocycles. The summed E-state index contributed by atoms with van der Waals surface area (Å²) in [6.45, 7) is 4.01. The monoisotopic (exact) mass is 285 g/mol. The predicted molar refractivity (Wildman–Crippen MR) is 51.7 cm³/mol. The first kappa shape index (κ1) is 16.7. The highest BCUT2D eigenvalue weighted by Crippen LogP contribution is 2.45. The van der Waals surface area contributed by atoms with Gasteiger partial charge in [0.05, 0.1) is 0 Å². The molecular weight excluding hydrogens is 271 g/mol. The topological polar surface area (TPSA) is 3.24 Å². The van der Waals surface area contributed by atoms with Gasteiger partial charge in [-0.25, -0.2) is 0 Å². The van der Waals surface area contributed by atoms with Crippen molar-refractivity contribution in [2.45, 2.75) is 44.2 Å². The Labute approximate surface area is 95.7 Å². The van der Waals surface area contributed by atoms with E-state index in [0.717, 1.165) is 7.05 Å². The van der Waals surface area contributed by atoms with E-state index in [1.54, 1.807) is 0 Å². The second-order valence-corrected chi connectivity index (χ2v) is 9.78. The molecule has 9 heteroatoms. The smallest absolute Gasteiger partial charge is 0.265 e. The van der Waals surface area contributed by atoms with Crippen LogP contribution in [0.4, 0.5) is 30.7 Å². The Kier molecular flexibility index (Phi) is 4.33. The molecule has 0 aliphatic carbocycles. The number of hydrogen-bond donors (Lipinski definition) is 0. The maximum absolute atomic E-state index is 13.3. The molecule has 0 aromatic carbocycles. The van der Waals surface area contributed by atoms with Gasteiger partial charge in [-0.3, -0.25) is 4.57 Å². The third-order valence-electron chi connectivity index (χ3n) is 2.29. The van der Waals surface area contributed by atoms with Crippen LogP contribution in [-0.4, -0.2) is 38.0 Å². The Morgan fingerprint density at radius 2 is 1.24 bits per heavy atom. The van der Waals surface area contributed by atoms with Crippen molar-refractivity contribution >= 4 is 8.24 Å². The lowest BCUT2D eigenvalue weighted by molar-refractivity contribution is -0.297. The predicted octanol–water partition coefficient (Wildman–Crippen LogP) is 3.93. The van der Waals surface area contributed by atoms with Crippen LogP contribution in [0, 0.1) is 0 Å². The molecule has 0 aromatic rings. The highest BCUT2D eigenvalue weighted by Gasteiger charge is 2.64. The van der Waals surface area contributed by atoms with Crippen molar-refractivity contribution in [3.8, 4) is 0 Å². The molecule has 0 saturated carbocycles. The van der Waals surface area contributed by atoms with Crippen molar-refractivity contribution in [2.24, 2.45) is 0 Å². The molecule has 104 valence electrons. The summed E-state index contributed by atoms with van der Waals surface area (Å²) in [5.41, 5.74) is 0. The van der Waals surface area contributed by atoms with Crippen LogP contribution in [0.1, 0.15) is 6.42 Å². The maximum Gasteiger partial charge on any atom is 0.395 e. The highest BCUT2D eigenvalue weighted by atomic mass is 28.3.